The third kappa shape index (κ3) is 5.57. The molecule has 1 aliphatic carbocycles. The second-order valence-electron chi connectivity index (χ2n) is 11.3. The van der Waals surface area contributed by atoms with Crippen LogP contribution >= 0.6 is 0 Å². The molecule has 0 spiro atoms. The molecule has 0 atom stereocenters. The van der Waals surface area contributed by atoms with Crippen LogP contribution in [0.15, 0.2) is 18.2 Å². The van der Waals surface area contributed by atoms with Crippen LogP contribution in [0, 0.1) is 24.1 Å². The molecule has 0 bridgehead atoms. The van der Waals surface area contributed by atoms with Crippen molar-refractivity contribution in [3.63, 3.8) is 0 Å². The van der Waals surface area contributed by atoms with Gasteiger partial charge < -0.3 is 20.1 Å². The molecule has 3 heterocycles. The number of nitrogens with zero attached hydrogens (tertiary/aromatic N) is 4. The van der Waals surface area contributed by atoms with Crippen molar-refractivity contribution in [1.29, 1.82) is 5.26 Å². The Kier molecular flexibility index (Phi) is 7.83. The third-order valence-corrected chi connectivity index (χ3v) is 9.58. The van der Waals surface area contributed by atoms with E-state index in [2.05, 4.69) is 10.6 Å². The Hall–Kier alpha value is -4.23. The smallest absolute Gasteiger partial charge is 0.293 e. The monoisotopic (exact) mass is 634 g/mol. The van der Waals surface area contributed by atoms with E-state index in [-0.39, 0.29) is 54.3 Å². The van der Waals surface area contributed by atoms with Gasteiger partial charge in [0.2, 0.25) is 15.9 Å². The molecule has 1 aromatic heterocycles. The minimum atomic E-state index is -3.52. The normalized spacial score (nSPS) is 19.0. The van der Waals surface area contributed by atoms with E-state index < -0.39 is 63.6 Å². The van der Waals surface area contributed by atoms with Gasteiger partial charge in [-0.15, -0.1) is 0 Å². The van der Waals surface area contributed by atoms with Crippen LogP contribution in [-0.2, 0) is 32.6 Å². The maximum atomic E-state index is 14.2. The van der Waals surface area contributed by atoms with Gasteiger partial charge in [-0.2, -0.15) is 9.57 Å². The number of hydrogen-bond acceptors (Lipinski definition) is 7. The Morgan fingerprint density at radius 2 is 1.70 bits per heavy atom. The van der Waals surface area contributed by atoms with Crippen LogP contribution in [-0.4, -0.2) is 89.6 Å². The van der Waals surface area contributed by atoms with Gasteiger partial charge in [0.25, 0.3) is 23.5 Å². The summed E-state index contributed by atoms with van der Waals surface area (Å²) in [6, 6.07) is 5.13. The fourth-order valence-electron chi connectivity index (χ4n) is 6.23. The van der Waals surface area contributed by atoms with E-state index in [0.717, 1.165) is 22.7 Å². The number of amides is 3. The third-order valence-electron chi connectivity index (χ3n) is 8.28. The highest BCUT2D eigenvalue weighted by molar-refractivity contribution is 7.88. The molecule has 3 amide bonds. The molecule has 2 aliphatic heterocycles. The largest absolute Gasteiger partial charge is 0.340 e. The first-order chi connectivity index (χ1) is 20.6. The first kappa shape index (κ1) is 31.2. The van der Waals surface area contributed by atoms with Crippen molar-refractivity contribution in [2.45, 2.75) is 50.6 Å². The molecular weight excluding hydrogens is 605 g/mol. The maximum absolute atomic E-state index is 14.2. The van der Waals surface area contributed by atoms with Gasteiger partial charge in [0.15, 0.2) is 0 Å². The van der Waals surface area contributed by atoms with E-state index in [1.54, 1.807) is 10.6 Å². The Labute approximate surface area is 250 Å². The molecule has 1 saturated heterocycles. The lowest BCUT2D eigenvalue weighted by Gasteiger charge is -2.49. The van der Waals surface area contributed by atoms with E-state index in [4.69, 9.17) is 5.26 Å². The molecule has 2 fully saturated rings. The molecule has 16 heteroatoms. The number of piperazine rings is 1. The number of benzene rings is 1. The van der Waals surface area contributed by atoms with Crippen LogP contribution in [0.2, 0.25) is 0 Å². The van der Waals surface area contributed by atoms with Crippen LogP contribution in [0.5, 0.6) is 0 Å². The summed E-state index contributed by atoms with van der Waals surface area (Å²) in [6.07, 6.45) is -0.112. The average molecular weight is 635 g/mol. The zero-order valence-electron chi connectivity index (χ0n) is 23.9. The molecular formula is C28H29F3N6O6S. The SMILES string of the molecule is Cc1c(C(=O)C(=O)NC2(C(=O)N3CCN(S(C)(=O)=O)CC3)CC(F)(F)C2)c2n(c1C(=O)Nc1ccc(F)c(C#N)c1)CCC2. The van der Waals surface area contributed by atoms with Crippen molar-refractivity contribution in [2.75, 3.05) is 37.8 Å². The number of Topliss-reactive ketones (excluding diaryl/α,β-unsaturated/α-hetero) is 1. The molecule has 2 aromatic rings. The van der Waals surface area contributed by atoms with Crippen LogP contribution in [0.4, 0.5) is 18.9 Å². The first-order valence-corrected chi connectivity index (χ1v) is 15.6. The number of halogens is 3. The fourth-order valence-corrected chi connectivity index (χ4v) is 7.06. The summed E-state index contributed by atoms with van der Waals surface area (Å²) in [4.78, 5) is 54.8. The lowest BCUT2D eigenvalue weighted by molar-refractivity contribution is -0.174. The summed E-state index contributed by atoms with van der Waals surface area (Å²) in [5.74, 6) is -7.89. The van der Waals surface area contributed by atoms with Gasteiger partial charge >= 0.3 is 0 Å². The second kappa shape index (κ2) is 11.0. The lowest BCUT2D eigenvalue weighted by atomic mass is 9.72. The molecule has 1 saturated carbocycles. The van der Waals surface area contributed by atoms with Crippen molar-refractivity contribution in [3.05, 3.63) is 52.1 Å². The summed E-state index contributed by atoms with van der Waals surface area (Å²) < 4.78 is 68.4. The molecule has 0 radical (unpaired) electrons. The number of anilines is 1. The Morgan fingerprint density at radius 3 is 2.30 bits per heavy atom. The maximum Gasteiger partial charge on any atom is 0.293 e. The zero-order valence-corrected chi connectivity index (χ0v) is 24.7. The van der Waals surface area contributed by atoms with Gasteiger partial charge in [0, 0.05) is 56.9 Å². The topological polar surface area (TPSA) is 162 Å². The number of nitriles is 1. The van der Waals surface area contributed by atoms with Gasteiger partial charge in [0.1, 0.15) is 23.1 Å². The van der Waals surface area contributed by atoms with E-state index in [1.807, 2.05) is 0 Å². The number of rotatable bonds is 7. The predicted molar refractivity (Wildman–Crippen MR) is 149 cm³/mol. The van der Waals surface area contributed by atoms with Crippen molar-refractivity contribution in [2.24, 2.45) is 0 Å². The number of nitrogens with one attached hydrogen (secondary N) is 2. The van der Waals surface area contributed by atoms with Gasteiger partial charge in [0.05, 0.1) is 17.4 Å². The molecule has 3 aliphatic rings. The van der Waals surface area contributed by atoms with Crippen LogP contribution in [0.3, 0.4) is 0 Å². The standard InChI is InChI=1S/C28H29F3N6O6S/c1-16-21(20-4-3-7-37(20)22(16)24(39)33-18-5-6-19(29)17(12-18)13-32)23(38)25(40)34-27(14-28(30,31)15-27)26(41)35-8-10-36(11-9-35)44(2,42)43/h5-6,12H,3-4,7-11,14-15H2,1-2H3,(H,33,39)(H,34,40). The van der Waals surface area contributed by atoms with Crippen molar-refractivity contribution < 1.29 is 40.8 Å². The number of fused-ring (bicyclic) bond motifs is 1. The lowest BCUT2D eigenvalue weighted by Crippen LogP contribution is -2.71. The predicted octanol–water partition coefficient (Wildman–Crippen LogP) is 1.58. The minimum absolute atomic E-state index is 0.0411. The summed E-state index contributed by atoms with van der Waals surface area (Å²) in [5.41, 5.74) is -1.64. The van der Waals surface area contributed by atoms with Gasteiger partial charge in [-0.05, 0) is 43.5 Å². The number of ketones is 1. The molecule has 1 aromatic carbocycles. The highest BCUT2D eigenvalue weighted by Crippen LogP contribution is 2.47. The van der Waals surface area contributed by atoms with Gasteiger partial charge in [-0.3, -0.25) is 19.2 Å². The van der Waals surface area contributed by atoms with Crippen LogP contribution in [0.1, 0.15) is 56.9 Å². The quantitative estimate of drug-likeness (QED) is 0.345. The summed E-state index contributed by atoms with van der Waals surface area (Å²) >= 11 is 0. The Morgan fingerprint density at radius 1 is 1.05 bits per heavy atom. The van der Waals surface area contributed by atoms with E-state index >= 15 is 0 Å². The average Bonchev–Trinajstić information content (AvgIpc) is 3.51. The second-order valence-corrected chi connectivity index (χ2v) is 13.3. The molecule has 44 heavy (non-hydrogen) atoms. The van der Waals surface area contributed by atoms with Gasteiger partial charge in [-0.1, -0.05) is 0 Å². The molecule has 2 N–H and O–H groups in total. The Balaban J connectivity index is 1.37. The van der Waals surface area contributed by atoms with Crippen molar-refractivity contribution in [3.8, 4) is 6.07 Å². The van der Waals surface area contributed by atoms with E-state index in [0.29, 0.717) is 25.1 Å². The number of carbonyl (C=O) groups is 4. The molecule has 5 rings (SSSR count). The number of aromatic nitrogens is 1. The fraction of sp³-hybridized carbons (Fsp3) is 0.464. The van der Waals surface area contributed by atoms with Crippen molar-refractivity contribution >= 4 is 39.2 Å². The first-order valence-electron chi connectivity index (χ1n) is 13.8. The van der Waals surface area contributed by atoms with Crippen LogP contribution < -0.4 is 10.6 Å². The number of alkyl halides is 2. The summed E-state index contributed by atoms with van der Waals surface area (Å²) in [7, 11) is -3.52. The molecule has 12 nitrogen and oxygen atoms in total. The van der Waals surface area contributed by atoms with E-state index in [9.17, 15) is 40.8 Å². The zero-order chi connectivity index (χ0) is 32.2. The molecule has 0 unspecified atom stereocenters. The summed E-state index contributed by atoms with van der Waals surface area (Å²) in [6.45, 7) is 1.59. The Bertz CT molecular complexity index is 1730. The highest BCUT2D eigenvalue weighted by Gasteiger charge is 2.63. The van der Waals surface area contributed by atoms with Crippen molar-refractivity contribution in [1.82, 2.24) is 19.1 Å². The molecule has 234 valence electrons. The number of hydrogen-bond donors (Lipinski definition) is 2. The van der Waals surface area contributed by atoms with Gasteiger partial charge in [-0.25, -0.2) is 21.6 Å². The number of sulfonamides is 1. The highest BCUT2D eigenvalue weighted by atomic mass is 32.2. The van der Waals surface area contributed by atoms with E-state index in [1.165, 1.54) is 17.9 Å². The minimum Gasteiger partial charge on any atom is -0.340 e. The summed E-state index contributed by atoms with van der Waals surface area (Å²) in [5, 5.41) is 13.9. The van der Waals surface area contributed by atoms with Crippen LogP contribution in [0.25, 0.3) is 0 Å². The number of carbonyl (C=O) groups excluding carboxylic acids is 4.